The van der Waals surface area contributed by atoms with E-state index in [1.165, 1.54) is 0 Å². The van der Waals surface area contributed by atoms with Gasteiger partial charge in [-0.05, 0) is 45.7 Å². The summed E-state index contributed by atoms with van der Waals surface area (Å²) in [5.41, 5.74) is 2.94. The van der Waals surface area contributed by atoms with Crippen LogP contribution in [0.1, 0.15) is 47.9 Å². The fourth-order valence-electron chi connectivity index (χ4n) is 3.77. The normalized spacial score (nSPS) is 22.0. The van der Waals surface area contributed by atoms with E-state index in [-0.39, 0.29) is 17.8 Å². The Hall–Kier alpha value is -1.17. The fourth-order valence-corrected chi connectivity index (χ4v) is 3.77. The van der Waals surface area contributed by atoms with Crippen molar-refractivity contribution in [2.75, 3.05) is 40.0 Å². The van der Waals surface area contributed by atoms with Gasteiger partial charge < -0.3 is 14.4 Å². The van der Waals surface area contributed by atoms with Crippen LogP contribution in [0, 0.1) is 19.3 Å². The van der Waals surface area contributed by atoms with E-state index in [0.29, 0.717) is 6.54 Å². The fraction of sp³-hybridized carbons (Fsp3) is 0.737. The molecule has 0 saturated carbocycles. The molecule has 0 radical (unpaired) electrons. The molecule has 0 amide bonds. The van der Waals surface area contributed by atoms with E-state index in [2.05, 4.69) is 23.3 Å². The van der Waals surface area contributed by atoms with Crippen LogP contribution in [0.25, 0.3) is 0 Å². The number of hydrogen-bond donors (Lipinski definition) is 1. The Kier molecular flexibility index (Phi) is 6.61. The van der Waals surface area contributed by atoms with Crippen molar-refractivity contribution < 1.29 is 14.6 Å². The van der Waals surface area contributed by atoms with Gasteiger partial charge in [0.05, 0.1) is 6.54 Å². The molecule has 1 unspecified atom stereocenters. The maximum Gasteiger partial charge on any atom is 0.178 e. The minimum atomic E-state index is -0.0738. The highest BCUT2D eigenvalue weighted by Gasteiger charge is 2.31. The molecule has 5 nitrogen and oxygen atoms in total. The maximum atomic E-state index is 12.8. The van der Waals surface area contributed by atoms with Gasteiger partial charge in [-0.25, -0.2) is 0 Å². The minimum Gasteiger partial charge on any atom is -0.396 e. The third-order valence-corrected chi connectivity index (χ3v) is 5.21. The van der Waals surface area contributed by atoms with E-state index >= 15 is 0 Å². The standard InChI is InChI=1S/C19H32N2O3/c1-15-11-17(16(2)21(15)9-6-10-24-4)18(23)12-20-8-5-7-19(3,13-20)14-22/h11,22H,5-10,12-14H2,1-4H3. The Balaban J connectivity index is 2.03. The second-order valence-corrected chi connectivity index (χ2v) is 7.49. The Morgan fingerprint density at radius 3 is 2.83 bits per heavy atom. The molecule has 0 aromatic carbocycles. The molecule has 1 aromatic rings. The lowest BCUT2D eigenvalue weighted by atomic mass is 9.82. The summed E-state index contributed by atoms with van der Waals surface area (Å²) in [7, 11) is 1.71. The van der Waals surface area contributed by atoms with E-state index in [1.807, 2.05) is 13.0 Å². The predicted molar refractivity (Wildman–Crippen MR) is 95.6 cm³/mol. The summed E-state index contributed by atoms with van der Waals surface area (Å²) in [6, 6.07) is 2.01. The topological polar surface area (TPSA) is 54.7 Å². The van der Waals surface area contributed by atoms with Crippen LogP contribution in [0.3, 0.4) is 0 Å². The second-order valence-electron chi connectivity index (χ2n) is 7.49. The van der Waals surface area contributed by atoms with Crippen molar-refractivity contribution in [1.29, 1.82) is 0 Å². The van der Waals surface area contributed by atoms with Gasteiger partial charge in [0.15, 0.2) is 5.78 Å². The van der Waals surface area contributed by atoms with Gasteiger partial charge in [-0.2, -0.15) is 0 Å². The van der Waals surface area contributed by atoms with Gasteiger partial charge in [0.1, 0.15) is 0 Å². The van der Waals surface area contributed by atoms with Crippen molar-refractivity contribution in [2.24, 2.45) is 5.41 Å². The molecule has 1 N–H and O–H groups in total. The van der Waals surface area contributed by atoms with Gasteiger partial charge in [0.2, 0.25) is 0 Å². The molecular formula is C19H32N2O3. The van der Waals surface area contributed by atoms with Gasteiger partial charge in [0.25, 0.3) is 0 Å². The lowest BCUT2D eigenvalue weighted by Crippen LogP contribution is -2.45. The summed E-state index contributed by atoms with van der Waals surface area (Å²) < 4.78 is 7.33. The van der Waals surface area contributed by atoms with Crippen LogP contribution < -0.4 is 0 Å². The SMILES string of the molecule is COCCCn1c(C)cc(C(=O)CN2CCCC(C)(CO)C2)c1C. The molecule has 0 spiro atoms. The van der Waals surface area contributed by atoms with Crippen molar-refractivity contribution in [3.8, 4) is 0 Å². The zero-order valence-electron chi connectivity index (χ0n) is 15.6. The molecule has 1 fully saturated rings. The highest BCUT2D eigenvalue weighted by Crippen LogP contribution is 2.29. The van der Waals surface area contributed by atoms with Crippen LogP contribution in [0.2, 0.25) is 0 Å². The van der Waals surface area contributed by atoms with Crippen molar-refractivity contribution in [3.05, 3.63) is 23.0 Å². The van der Waals surface area contributed by atoms with E-state index in [9.17, 15) is 9.90 Å². The Labute approximate surface area is 145 Å². The number of aromatic nitrogens is 1. The van der Waals surface area contributed by atoms with E-state index in [4.69, 9.17) is 4.74 Å². The quantitative estimate of drug-likeness (QED) is 0.585. The number of carbonyl (C=O) groups excluding carboxylic acids is 1. The lowest BCUT2D eigenvalue weighted by Gasteiger charge is -2.39. The maximum absolute atomic E-state index is 12.8. The zero-order chi connectivity index (χ0) is 17.7. The van der Waals surface area contributed by atoms with Crippen LogP contribution in [0.4, 0.5) is 0 Å². The molecule has 0 bridgehead atoms. The van der Waals surface area contributed by atoms with Crippen LogP contribution in [0.15, 0.2) is 6.07 Å². The number of Topliss-reactive ketones (excluding diaryl/α,β-unsaturated/α-hetero) is 1. The van der Waals surface area contributed by atoms with Crippen LogP contribution in [0.5, 0.6) is 0 Å². The molecule has 1 aliphatic rings. The Bertz CT molecular complexity index is 567. The molecule has 2 heterocycles. The smallest absolute Gasteiger partial charge is 0.178 e. The number of methoxy groups -OCH3 is 1. The van der Waals surface area contributed by atoms with E-state index in [0.717, 1.165) is 62.5 Å². The number of aliphatic hydroxyl groups excluding tert-OH is 1. The first-order chi connectivity index (χ1) is 11.4. The number of nitrogens with zero attached hydrogens (tertiary/aromatic N) is 2. The Morgan fingerprint density at radius 1 is 1.42 bits per heavy atom. The number of aliphatic hydroxyl groups is 1. The average Bonchev–Trinajstić information content (AvgIpc) is 2.83. The number of hydrogen-bond acceptors (Lipinski definition) is 4. The van der Waals surface area contributed by atoms with Gasteiger partial charge in [-0.1, -0.05) is 6.92 Å². The van der Waals surface area contributed by atoms with E-state index < -0.39 is 0 Å². The third kappa shape index (κ3) is 4.47. The predicted octanol–water partition coefficient (Wildman–Crippen LogP) is 2.42. The van der Waals surface area contributed by atoms with Crippen molar-refractivity contribution >= 4 is 5.78 Å². The summed E-state index contributed by atoms with van der Waals surface area (Å²) >= 11 is 0. The third-order valence-electron chi connectivity index (χ3n) is 5.21. The number of piperidine rings is 1. The summed E-state index contributed by atoms with van der Waals surface area (Å²) in [5, 5.41) is 9.58. The molecule has 0 aliphatic carbocycles. The molecule has 5 heteroatoms. The number of rotatable bonds is 8. The molecule has 2 rings (SSSR count). The first kappa shape index (κ1) is 19.2. The van der Waals surface area contributed by atoms with Crippen molar-refractivity contribution in [2.45, 2.75) is 46.6 Å². The van der Waals surface area contributed by atoms with Crippen molar-refractivity contribution in [1.82, 2.24) is 9.47 Å². The van der Waals surface area contributed by atoms with E-state index in [1.54, 1.807) is 7.11 Å². The molecule has 1 saturated heterocycles. The number of ketones is 1. The molecule has 1 aromatic heterocycles. The number of aryl methyl sites for hydroxylation is 1. The first-order valence-corrected chi connectivity index (χ1v) is 8.92. The molecule has 1 atom stereocenters. The number of carbonyl (C=O) groups is 1. The summed E-state index contributed by atoms with van der Waals surface area (Å²) in [5.74, 6) is 0.184. The zero-order valence-corrected chi connectivity index (χ0v) is 15.6. The van der Waals surface area contributed by atoms with Crippen LogP contribution in [-0.2, 0) is 11.3 Å². The summed E-state index contributed by atoms with van der Waals surface area (Å²) in [4.78, 5) is 15.0. The number of ether oxygens (including phenoxy) is 1. The highest BCUT2D eigenvalue weighted by atomic mass is 16.5. The van der Waals surface area contributed by atoms with Gasteiger partial charge in [-0.15, -0.1) is 0 Å². The van der Waals surface area contributed by atoms with Crippen LogP contribution in [-0.4, -0.2) is 60.3 Å². The van der Waals surface area contributed by atoms with Crippen LogP contribution >= 0.6 is 0 Å². The van der Waals surface area contributed by atoms with Gasteiger partial charge >= 0.3 is 0 Å². The van der Waals surface area contributed by atoms with Crippen molar-refractivity contribution in [3.63, 3.8) is 0 Å². The minimum absolute atomic E-state index is 0.0738. The molecule has 24 heavy (non-hydrogen) atoms. The molecule has 1 aliphatic heterocycles. The highest BCUT2D eigenvalue weighted by molar-refractivity contribution is 5.99. The Morgan fingerprint density at radius 2 is 2.17 bits per heavy atom. The average molecular weight is 336 g/mol. The summed E-state index contributed by atoms with van der Waals surface area (Å²) in [6.45, 7) is 10.2. The first-order valence-electron chi connectivity index (χ1n) is 8.92. The number of likely N-dealkylation sites (tertiary alicyclic amines) is 1. The summed E-state index contributed by atoms with van der Waals surface area (Å²) in [6.07, 6.45) is 3.02. The second kappa shape index (κ2) is 8.28. The van der Waals surface area contributed by atoms with Gasteiger partial charge in [-0.3, -0.25) is 9.69 Å². The largest absolute Gasteiger partial charge is 0.396 e. The lowest BCUT2D eigenvalue weighted by molar-refractivity contribution is 0.0445. The molecular weight excluding hydrogens is 304 g/mol. The van der Waals surface area contributed by atoms with Gasteiger partial charge in [0, 0.05) is 55.8 Å². The molecule has 136 valence electrons. The monoisotopic (exact) mass is 336 g/mol.